The molecule has 0 amide bonds. The van der Waals surface area contributed by atoms with Crippen LogP contribution in [0.15, 0.2) is 10.5 Å². The first-order valence-electron chi connectivity index (χ1n) is 6.35. The zero-order valence-corrected chi connectivity index (χ0v) is 13.7. The summed E-state index contributed by atoms with van der Waals surface area (Å²) in [7, 11) is 3.27. The number of aldehydes is 1. The van der Waals surface area contributed by atoms with E-state index < -0.39 is 0 Å². The van der Waals surface area contributed by atoms with Gasteiger partial charge < -0.3 is 14.3 Å². The van der Waals surface area contributed by atoms with Gasteiger partial charge in [-0.1, -0.05) is 20.8 Å². The van der Waals surface area contributed by atoms with E-state index in [1.54, 1.807) is 14.2 Å². The first-order valence-corrected chi connectivity index (χ1v) is 7.15. The van der Waals surface area contributed by atoms with Crippen LogP contribution in [-0.2, 0) is 4.79 Å². The van der Waals surface area contributed by atoms with Crippen LogP contribution >= 0.6 is 15.9 Å². The van der Waals surface area contributed by atoms with Crippen LogP contribution in [0.1, 0.15) is 50.2 Å². The molecular weight excluding hydrogens is 308 g/mol. The van der Waals surface area contributed by atoms with Gasteiger partial charge in [-0.3, -0.25) is 0 Å². The first-order chi connectivity index (χ1) is 8.97. The third-order valence-corrected chi connectivity index (χ3v) is 3.82. The summed E-state index contributed by atoms with van der Waals surface area (Å²) >= 11 is 3.51. The molecule has 19 heavy (non-hydrogen) atoms. The first kappa shape index (κ1) is 16.0. The van der Waals surface area contributed by atoms with E-state index in [1.165, 1.54) is 0 Å². The third-order valence-electron chi connectivity index (χ3n) is 3.23. The van der Waals surface area contributed by atoms with Crippen LogP contribution in [0.25, 0.3) is 0 Å². The lowest BCUT2D eigenvalue weighted by molar-refractivity contribution is -0.108. The van der Waals surface area contributed by atoms with Gasteiger partial charge in [-0.15, -0.1) is 0 Å². The summed E-state index contributed by atoms with van der Waals surface area (Å²) in [6.07, 6.45) is 1.46. The quantitative estimate of drug-likeness (QED) is 0.731. The molecular formula is C15H21BrO3. The molecule has 1 atom stereocenters. The van der Waals surface area contributed by atoms with Gasteiger partial charge in [-0.25, -0.2) is 0 Å². The number of methoxy groups -OCH3 is 2. The predicted molar refractivity (Wildman–Crippen MR) is 80.4 cm³/mol. The van der Waals surface area contributed by atoms with Gasteiger partial charge in [-0.05, 0) is 39.4 Å². The highest BCUT2D eigenvalue weighted by Gasteiger charge is 2.23. The third kappa shape index (κ3) is 3.30. The van der Waals surface area contributed by atoms with E-state index in [2.05, 4.69) is 29.8 Å². The maximum absolute atomic E-state index is 10.8. The second kappa shape index (κ2) is 6.94. The van der Waals surface area contributed by atoms with Gasteiger partial charge in [0.2, 0.25) is 0 Å². The zero-order valence-electron chi connectivity index (χ0n) is 12.1. The second-order valence-corrected chi connectivity index (χ2v) is 5.74. The average molecular weight is 329 g/mol. The minimum atomic E-state index is 0.158. The van der Waals surface area contributed by atoms with Crippen LogP contribution in [0.2, 0.25) is 0 Å². The van der Waals surface area contributed by atoms with Crippen molar-refractivity contribution in [1.82, 2.24) is 0 Å². The highest BCUT2D eigenvalue weighted by Crippen LogP contribution is 2.45. The minimum Gasteiger partial charge on any atom is -0.493 e. The van der Waals surface area contributed by atoms with Gasteiger partial charge in [-0.2, -0.15) is 0 Å². The van der Waals surface area contributed by atoms with Gasteiger partial charge in [0.1, 0.15) is 6.29 Å². The minimum absolute atomic E-state index is 0.158. The summed E-state index contributed by atoms with van der Waals surface area (Å²) in [5.74, 6) is 1.90. The Bertz CT molecular complexity index is 455. The molecule has 0 radical (unpaired) electrons. The molecule has 3 nitrogen and oxygen atoms in total. The molecule has 0 N–H and O–H groups in total. The SMILES string of the molecule is COc1c(Br)cc(C(C)CC=O)c(C(C)C)c1OC. The molecule has 0 bridgehead atoms. The van der Waals surface area contributed by atoms with Gasteiger partial charge in [0.15, 0.2) is 11.5 Å². The van der Waals surface area contributed by atoms with E-state index >= 15 is 0 Å². The Hall–Kier alpha value is -1.03. The number of carbonyl (C=O) groups is 1. The highest BCUT2D eigenvalue weighted by atomic mass is 79.9. The lowest BCUT2D eigenvalue weighted by Crippen LogP contribution is -2.06. The molecule has 0 aliphatic rings. The van der Waals surface area contributed by atoms with E-state index in [0.29, 0.717) is 18.1 Å². The fraction of sp³-hybridized carbons (Fsp3) is 0.533. The number of ether oxygens (including phenoxy) is 2. The largest absolute Gasteiger partial charge is 0.493 e. The van der Waals surface area contributed by atoms with Gasteiger partial charge in [0.25, 0.3) is 0 Å². The van der Waals surface area contributed by atoms with Gasteiger partial charge >= 0.3 is 0 Å². The summed E-state index contributed by atoms with van der Waals surface area (Å²) in [6, 6.07) is 2.03. The van der Waals surface area contributed by atoms with Crippen LogP contribution in [0.4, 0.5) is 0 Å². The Morgan fingerprint density at radius 3 is 2.21 bits per heavy atom. The number of hydrogen-bond acceptors (Lipinski definition) is 3. The molecule has 0 saturated heterocycles. The second-order valence-electron chi connectivity index (χ2n) is 4.89. The molecule has 0 aliphatic heterocycles. The summed E-state index contributed by atoms with van der Waals surface area (Å²) in [4.78, 5) is 10.8. The molecule has 1 rings (SSSR count). The van der Waals surface area contributed by atoms with E-state index in [4.69, 9.17) is 9.47 Å². The lowest BCUT2D eigenvalue weighted by Gasteiger charge is -2.23. The van der Waals surface area contributed by atoms with Crippen molar-refractivity contribution >= 4 is 22.2 Å². The summed E-state index contributed by atoms with van der Waals surface area (Å²) in [5, 5.41) is 0. The fourth-order valence-corrected chi connectivity index (χ4v) is 2.90. The zero-order chi connectivity index (χ0) is 14.6. The smallest absolute Gasteiger partial charge is 0.175 e. The summed E-state index contributed by atoms with van der Waals surface area (Å²) in [5.41, 5.74) is 2.24. The number of rotatable bonds is 6. The average Bonchev–Trinajstić information content (AvgIpc) is 2.36. The highest BCUT2D eigenvalue weighted by molar-refractivity contribution is 9.10. The molecule has 1 aromatic rings. The van der Waals surface area contributed by atoms with Crippen molar-refractivity contribution in [2.24, 2.45) is 0 Å². The van der Waals surface area contributed by atoms with E-state index in [9.17, 15) is 4.79 Å². The van der Waals surface area contributed by atoms with Crippen molar-refractivity contribution in [1.29, 1.82) is 0 Å². The monoisotopic (exact) mass is 328 g/mol. The predicted octanol–water partition coefficient (Wildman–Crippen LogP) is 4.28. The van der Waals surface area contributed by atoms with Gasteiger partial charge in [0.05, 0.1) is 18.7 Å². The Morgan fingerprint density at radius 2 is 1.79 bits per heavy atom. The summed E-state index contributed by atoms with van der Waals surface area (Å²) < 4.78 is 11.8. The molecule has 1 unspecified atom stereocenters. The van der Waals surface area contributed by atoms with Crippen molar-refractivity contribution in [3.8, 4) is 11.5 Å². The Balaban J connectivity index is 3.54. The maximum atomic E-state index is 10.8. The topological polar surface area (TPSA) is 35.5 Å². The van der Waals surface area contributed by atoms with Gasteiger partial charge in [0, 0.05) is 12.0 Å². The van der Waals surface area contributed by atoms with Crippen LogP contribution < -0.4 is 9.47 Å². The van der Waals surface area contributed by atoms with Crippen LogP contribution in [0.3, 0.4) is 0 Å². The molecule has 0 spiro atoms. The van der Waals surface area contributed by atoms with E-state index in [-0.39, 0.29) is 5.92 Å². The van der Waals surface area contributed by atoms with Crippen LogP contribution in [0.5, 0.6) is 11.5 Å². The number of carbonyl (C=O) groups excluding carboxylic acids is 1. The molecule has 106 valence electrons. The standard InChI is InChI=1S/C15H21BrO3/c1-9(2)13-11(10(3)6-7-17)8-12(16)14(18-4)15(13)19-5/h7-10H,6H2,1-5H3. The van der Waals surface area contributed by atoms with Crippen LogP contribution in [0, 0.1) is 0 Å². The molecule has 0 heterocycles. The number of halogens is 1. The van der Waals surface area contributed by atoms with Crippen molar-refractivity contribution in [3.05, 3.63) is 21.7 Å². The maximum Gasteiger partial charge on any atom is 0.175 e. The molecule has 1 aromatic carbocycles. The normalized spacial score (nSPS) is 12.4. The van der Waals surface area contributed by atoms with Crippen LogP contribution in [-0.4, -0.2) is 20.5 Å². The number of benzene rings is 1. The molecule has 0 aliphatic carbocycles. The lowest BCUT2D eigenvalue weighted by atomic mass is 9.87. The fourth-order valence-electron chi connectivity index (χ4n) is 2.31. The Labute approximate surface area is 123 Å². The number of hydrogen-bond donors (Lipinski definition) is 0. The van der Waals surface area contributed by atoms with E-state index in [0.717, 1.165) is 27.6 Å². The Kier molecular flexibility index (Phi) is 5.85. The van der Waals surface area contributed by atoms with Crippen molar-refractivity contribution < 1.29 is 14.3 Å². The molecule has 0 aromatic heterocycles. The summed E-state index contributed by atoms with van der Waals surface area (Å²) in [6.45, 7) is 6.28. The molecule has 4 heteroatoms. The van der Waals surface area contributed by atoms with Crippen molar-refractivity contribution in [2.75, 3.05) is 14.2 Å². The van der Waals surface area contributed by atoms with Crippen molar-refractivity contribution in [2.45, 2.75) is 39.0 Å². The molecule has 0 saturated carbocycles. The Morgan fingerprint density at radius 1 is 1.21 bits per heavy atom. The molecule has 0 fully saturated rings. The van der Waals surface area contributed by atoms with E-state index in [1.807, 2.05) is 13.0 Å². The van der Waals surface area contributed by atoms with Crippen molar-refractivity contribution in [3.63, 3.8) is 0 Å².